The fourth-order valence-electron chi connectivity index (χ4n) is 8.83. The van der Waals surface area contributed by atoms with Crippen molar-refractivity contribution in [3.05, 3.63) is 60.8 Å². The van der Waals surface area contributed by atoms with Crippen molar-refractivity contribution in [2.45, 2.75) is 322 Å². The van der Waals surface area contributed by atoms with E-state index in [1.807, 2.05) is 0 Å². The van der Waals surface area contributed by atoms with E-state index in [1.165, 1.54) is 193 Å². The van der Waals surface area contributed by atoms with Crippen molar-refractivity contribution in [1.29, 1.82) is 0 Å². The van der Waals surface area contributed by atoms with Crippen molar-refractivity contribution in [2.24, 2.45) is 0 Å². The normalized spacial score (nSPS) is 12.4. The summed E-state index contributed by atoms with van der Waals surface area (Å²) in [6, 6.07) is 0. The predicted octanol–water partition coefficient (Wildman–Crippen LogP) is 20.8. The molecule has 0 aromatic carbocycles. The van der Waals surface area contributed by atoms with Gasteiger partial charge in [0.25, 0.3) is 0 Å². The van der Waals surface area contributed by atoms with Gasteiger partial charge in [-0.1, -0.05) is 268 Å². The molecule has 0 saturated carbocycles. The van der Waals surface area contributed by atoms with E-state index in [2.05, 4.69) is 81.5 Å². The minimum atomic E-state index is -0.791. The van der Waals surface area contributed by atoms with Crippen molar-refractivity contribution < 1.29 is 28.6 Å². The molecule has 0 aromatic rings. The van der Waals surface area contributed by atoms with Crippen molar-refractivity contribution in [3.63, 3.8) is 0 Å². The Morgan fingerprint density at radius 1 is 0.282 bits per heavy atom. The van der Waals surface area contributed by atoms with E-state index in [0.29, 0.717) is 19.3 Å². The van der Waals surface area contributed by atoms with Crippen LogP contribution in [0.3, 0.4) is 0 Å². The molecular weight excluding hydrogens is 877 g/mol. The van der Waals surface area contributed by atoms with Gasteiger partial charge in [-0.15, -0.1) is 0 Å². The molecule has 0 saturated heterocycles. The molecule has 0 heterocycles. The van der Waals surface area contributed by atoms with E-state index < -0.39 is 6.10 Å². The Hall–Kier alpha value is -2.89. The molecule has 0 rings (SSSR count). The molecule has 0 unspecified atom stereocenters. The fraction of sp³-hybridized carbons (Fsp3) is 0.800. The van der Waals surface area contributed by atoms with Crippen LogP contribution in [0.1, 0.15) is 316 Å². The third-order valence-electron chi connectivity index (χ3n) is 13.5. The van der Waals surface area contributed by atoms with Crippen LogP contribution in [-0.4, -0.2) is 37.2 Å². The van der Waals surface area contributed by atoms with Crippen LogP contribution < -0.4 is 0 Å². The summed E-state index contributed by atoms with van der Waals surface area (Å²) in [5.41, 5.74) is 0. The highest BCUT2D eigenvalue weighted by molar-refractivity contribution is 5.71. The molecule has 0 amide bonds. The van der Waals surface area contributed by atoms with Crippen LogP contribution >= 0.6 is 0 Å². The van der Waals surface area contributed by atoms with Crippen molar-refractivity contribution in [1.82, 2.24) is 0 Å². The lowest BCUT2D eigenvalue weighted by Gasteiger charge is -2.18. The van der Waals surface area contributed by atoms with Gasteiger partial charge >= 0.3 is 17.9 Å². The monoisotopic (exact) mass is 993 g/mol. The molecule has 0 N–H and O–H groups in total. The molecule has 0 spiro atoms. The first kappa shape index (κ1) is 68.1. The zero-order valence-electron chi connectivity index (χ0n) is 47.2. The maximum Gasteiger partial charge on any atom is 0.306 e. The number of carbonyl (C=O) groups is 3. The molecule has 0 aliphatic rings. The molecule has 0 aromatic heterocycles. The van der Waals surface area contributed by atoms with E-state index in [1.54, 1.807) is 0 Å². The standard InChI is InChI=1S/C65H116O6/c1-4-7-10-13-16-19-22-25-28-30-32-34-37-40-43-46-49-52-55-58-64(67)70-61-62(60-69-63(66)57-54-51-48-45-42-39-36-27-24-21-18-15-12-9-6-3)71-65(68)59-56-53-50-47-44-41-38-35-33-31-29-26-23-20-17-14-11-8-5-2/h17,20,25-26,28-29,33,35,41,44,62H,4-16,18-19,21-24,27,30-32,34,36-40,42-43,45-61H2,1-3H3/b20-17-,28-25-,29-26-,35-33-,44-41-/t62-/m0/s1. The van der Waals surface area contributed by atoms with Crippen molar-refractivity contribution >= 4 is 17.9 Å². The Bertz CT molecular complexity index is 1280. The van der Waals surface area contributed by atoms with Gasteiger partial charge in [0, 0.05) is 19.3 Å². The topological polar surface area (TPSA) is 78.9 Å². The number of allylic oxidation sites excluding steroid dienone is 10. The maximum atomic E-state index is 12.9. The van der Waals surface area contributed by atoms with E-state index in [-0.39, 0.29) is 31.1 Å². The molecule has 0 radical (unpaired) electrons. The molecule has 1 atom stereocenters. The molecule has 0 bridgehead atoms. The molecular formula is C65H116O6. The second-order valence-corrected chi connectivity index (χ2v) is 20.6. The molecule has 6 nitrogen and oxygen atoms in total. The zero-order valence-corrected chi connectivity index (χ0v) is 47.2. The average Bonchev–Trinajstić information content (AvgIpc) is 3.37. The third kappa shape index (κ3) is 57.9. The highest BCUT2D eigenvalue weighted by Gasteiger charge is 2.19. The summed E-state index contributed by atoms with van der Waals surface area (Å²) in [5, 5.41) is 0. The summed E-state index contributed by atoms with van der Waals surface area (Å²) >= 11 is 0. The highest BCUT2D eigenvalue weighted by Crippen LogP contribution is 2.16. The lowest BCUT2D eigenvalue weighted by Crippen LogP contribution is -2.30. The first-order chi connectivity index (χ1) is 35.0. The molecule has 0 fully saturated rings. The summed E-state index contributed by atoms with van der Waals surface area (Å²) in [7, 11) is 0. The minimum absolute atomic E-state index is 0.0847. The number of unbranched alkanes of at least 4 members (excludes halogenated alkanes) is 35. The molecule has 6 heteroatoms. The Morgan fingerprint density at radius 3 is 0.845 bits per heavy atom. The number of esters is 3. The molecule has 71 heavy (non-hydrogen) atoms. The Morgan fingerprint density at radius 2 is 0.507 bits per heavy atom. The highest BCUT2D eigenvalue weighted by atomic mass is 16.6. The third-order valence-corrected chi connectivity index (χ3v) is 13.5. The average molecular weight is 994 g/mol. The van der Waals surface area contributed by atoms with Gasteiger partial charge in [-0.25, -0.2) is 0 Å². The lowest BCUT2D eigenvalue weighted by molar-refractivity contribution is -0.167. The predicted molar refractivity (Wildman–Crippen MR) is 307 cm³/mol. The lowest BCUT2D eigenvalue weighted by atomic mass is 10.0. The summed E-state index contributed by atoms with van der Waals surface area (Å²) < 4.78 is 16.9. The number of ether oxygens (including phenoxy) is 3. The smallest absolute Gasteiger partial charge is 0.306 e. The number of hydrogen-bond donors (Lipinski definition) is 0. The van der Waals surface area contributed by atoms with E-state index in [9.17, 15) is 14.4 Å². The van der Waals surface area contributed by atoms with Crippen LogP contribution in [0.15, 0.2) is 60.8 Å². The summed E-state index contributed by atoms with van der Waals surface area (Å²) in [5.74, 6) is -0.902. The SMILES string of the molecule is CCCCC/C=C\C/C=C\C/C=C\C/C=C\CCCCCC(=O)O[C@H](COC(=O)CCCCCCCCCCC/C=C\CCCCCCCC)COC(=O)CCCCCCCCCCCCCCCCC. The fourth-order valence-corrected chi connectivity index (χ4v) is 8.83. The van der Waals surface area contributed by atoms with Crippen LogP contribution in [0.2, 0.25) is 0 Å². The van der Waals surface area contributed by atoms with E-state index >= 15 is 0 Å². The summed E-state index contributed by atoms with van der Waals surface area (Å²) in [4.78, 5) is 38.2. The van der Waals surface area contributed by atoms with Crippen LogP contribution in [0, 0.1) is 0 Å². The molecule has 0 aliphatic carbocycles. The molecule has 0 aliphatic heterocycles. The van der Waals surface area contributed by atoms with Gasteiger partial charge < -0.3 is 14.2 Å². The summed E-state index contributed by atoms with van der Waals surface area (Å²) in [6.45, 7) is 6.62. The number of carbonyl (C=O) groups excluding carboxylic acids is 3. The number of rotatable bonds is 56. The van der Waals surface area contributed by atoms with Gasteiger partial charge in [-0.05, 0) is 89.9 Å². The van der Waals surface area contributed by atoms with E-state index in [4.69, 9.17) is 14.2 Å². The van der Waals surface area contributed by atoms with Gasteiger partial charge in [-0.2, -0.15) is 0 Å². The van der Waals surface area contributed by atoms with Gasteiger partial charge in [0.1, 0.15) is 13.2 Å². The van der Waals surface area contributed by atoms with Crippen LogP contribution in [-0.2, 0) is 28.6 Å². The van der Waals surface area contributed by atoms with Crippen molar-refractivity contribution in [3.8, 4) is 0 Å². The van der Waals surface area contributed by atoms with Gasteiger partial charge in [0.15, 0.2) is 6.10 Å². The first-order valence-electron chi connectivity index (χ1n) is 30.8. The quantitative estimate of drug-likeness (QED) is 0.0261. The van der Waals surface area contributed by atoms with Crippen LogP contribution in [0.25, 0.3) is 0 Å². The largest absolute Gasteiger partial charge is 0.462 e. The Labute approximate surface area is 440 Å². The maximum absolute atomic E-state index is 12.9. The minimum Gasteiger partial charge on any atom is -0.462 e. The second kappa shape index (κ2) is 59.7. The zero-order chi connectivity index (χ0) is 51.4. The first-order valence-corrected chi connectivity index (χ1v) is 30.8. The van der Waals surface area contributed by atoms with Crippen molar-refractivity contribution in [2.75, 3.05) is 13.2 Å². The van der Waals surface area contributed by atoms with E-state index in [0.717, 1.165) is 83.5 Å². The molecule has 412 valence electrons. The van der Waals surface area contributed by atoms with Gasteiger partial charge in [-0.3, -0.25) is 14.4 Å². The summed E-state index contributed by atoms with van der Waals surface area (Å²) in [6.07, 6.45) is 75.0. The number of hydrogen-bond acceptors (Lipinski definition) is 6. The Balaban J connectivity index is 4.41. The van der Waals surface area contributed by atoms with Crippen LogP contribution in [0.4, 0.5) is 0 Å². The van der Waals surface area contributed by atoms with Crippen LogP contribution in [0.5, 0.6) is 0 Å². The van der Waals surface area contributed by atoms with Gasteiger partial charge in [0.2, 0.25) is 0 Å². The second-order valence-electron chi connectivity index (χ2n) is 20.6. The van der Waals surface area contributed by atoms with Gasteiger partial charge in [0.05, 0.1) is 0 Å². The Kier molecular flexibility index (Phi) is 57.2.